The van der Waals surface area contributed by atoms with Gasteiger partial charge in [0.15, 0.2) is 0 Å². The Morgan fingerprint density at radius 3 is 2.61 bits per heavy atom. The maximum absolute atomic E-state index is 12.5. The SMILES string of the molecule is O=C(NCc1ccc(Cl)cc1)c1cc(Nc2cccc3cccnc23)ccn1. The van der Waals surface area contributed by atoms with Gasteiger partial charge >= 0.3 is 0 Å². The number of carbonyl (C=O) groups is 1. The van der Waals surface area contributed by atoms with Crippen LogP contribution in [-0.2, 0) is 6.54 Å². The normalized spacial score (nSPS) is 10.6. The summed E-state index contributed by atoms with van der Waals surface area (Å²) in [4.78, 5) is 21.1. The molecule has 4 rings (SSSR count). The summed E-state index contributed by atoms with van der Waals surface area (Å²) < 4.78 is 0. The van der Waals surface area contributed by atoms with Crippen molar-refractivity contribution in [1.82, 2.24) is 15.3 Å². The lowest BCUT2D eigenvalue weighted by atomic mass is 10.2. The Morgan fingerprint density at radius 1 is 0.929 bits per heavy atom. The van der Waals surface area contributed by atoms with Gasteiger partial charge < -0.3 is 10.6 Å². The van der Waals surface area contributed by atoms with Crippen LogP contribution in [0.5, 0.6) is 0 Å². The lowest BCUT2D eigenvalue weighted by molar-refractivity contribution is 0.0946. The zero-order chi connectivity index (χ0) is 19.3. The van der Waals surface area contributed by atoms with Crippen molar-refractivity contribution in [3.05, 3.63) is 95.4 Å². The second kappa shape index (κ2) is 8.06. The molecule has 0 saturated heterocycles. The van der Waals surface area contributed by atoms with Crippen molar-refractivity contribution in [2.75, 3.05) is 5.32 Å². The molecule has 4 aromatic rings. The van der Waals surface area contributed by atoms with Crippen molar-refractivity contribution in [2.24, 2.45) is 0 Å². The molecule has 2 aromatic carbocycles. The highest BCUT2D eigenvalue weighted by atomic mass is 35.5. The number of para-hydroxylation sites is 1. The van der Waals surface area contributed by atoms with Gasteiger partial charge in [0.25, 0.3) is 5.91 Å². The zero-order valence-corrected chi connectivity index (χ0v) is 15.6. The first-order chi connectivity index (χ1) is 13.7. The van der Waals surface area contributed by atoms with Crippen LogP contribution in [0, 0.1) is 0 Å². The summed E-state index contributed by atoms with van der Waals surface area (Å²) in [6.07, 6.45) is 3.37. The molecule has 0 fully saturated rings. The second-order valence-electron chi connectivity index (χ2n) is 6.24. The molecule has 0 atom stereocenters. The average molecular weight is 389 g/mol. The average Bonchev–Trinajstić information content (AvgIpc) is 2.74. The summed E-state index contributed by atoms with van der Waals surface area (Å²) in [5.41, 5.74) is 3.82. The quantitative estimate of drug-likeness (QED) is 0.507. The molecule has 0 unspecified atom stereocenters. The Bertz CT molecular complexity index is 1120. The molecule has 5 nitrogen and oxygen atoms in total. The second-order valence-corrected chi connectivity index (χ2v) is 6.68. The Hall–Kier alpha value is -3.44. The van der Waals surface area contributed by atoms with Crippen LogP contribution in [-0.4, -0.2) is 15.9 Å². The Morgan fingerprint density at radius 2 is 1.75 bits per heavy atom. The number of rotatable bonds is 5. The molecule has 0 aliphatic rings. The zero-order valence-electron chi connectivity index (χ0n) is 14.9. The summed E-state index contributed by atoms with van der Waals surface area (Å²) in [5, 5.41) is 7.91. The molecule has 28 heavy (non-hydrogen) atoms. The van der Waals surface area contributed by atoms with Crippen molar-refractivity contribution >= 4 is 39.8 Å². The van der Waals surface area contributed by atoms with Crippen molar-refractivity contribution in [3.63, 3.8) is 0 Å². The Labute approximate surface area is 167 Å². The standard InChI is InChI=1S/C22H17ClN4O/c23-17-8-6-15(7-9-17)14-26-22(28)20-13-18(10-12-24-20)27-19-5-1-3-16-4-2-11-25-21(16)19/h1-13H,14H2,(H,24,27)(H,26,28). The fourth-order valence-corrected chi connectivity index (χ4v) is 2.99. The number of hydrogen-bond donors (Lipinski definition) is 2. The molecule has 1 amide bonds. The highest BCUT2D eigenvalue weighted by Gasteiger charge is 2.09. The molecule has 0 radical (unpaired) electrons. The fourth-order valence-electron chi connectivity index (χ4n) is 2.87. The van der Waals surface area contributed by atoms with Gasteiger partial charge in [0, 0.05) is 35.0 Å². The van der Waals surface area contributed by atoms with Gasteiger partial charge in [-0.3, -0.25) is 14.8 Å². The number of carbonyl (C=O) groups excluding carboxylic acids is 1. The van der Waals surface area contributed by atoms with E-state index in [2.05, 4.69) is 20.6 Å². The summed E-state index contributed by atoms with van der Waals surface area (Å²) in [7, 11) is 0. The van der Waals surface area contributed by atoms with Crippen LogP contribution < -0.4 is 10.6 Å². The fraction of sp³-hybridized carbons (Fsp3) is 0.0455. The van der Waals surface area contributed by atoms with Crippen LogP contribution in [0.15, 0.2) is 79.1 Å². The summed E-state index contributed by atoms with van der Waals surface area (Å²) >= 11 is 5.88. The maximum Gasteiger partial charge on any atom is 0.270 e. The molecule has 0 aliphatic heterocycles. The molecule has 138 valence electrons. The van der Waals surface area contributed by atoms with E-state index in [1.54, 1.807) is 30.6 Å². The molecule has 2 heterocycles. The number of nitrogens with one attached hydrogen (secondary N) is 2. The molecule has 0 saturated carbocycles. The van der Waals surface area contributed by atoms with E-state index in [-0.39, 0.29) is 5.91 Å². The van der Waals surface area contributed by atoms with E-state index in [0.717, 1.165) is 27.8 Å². The largest absolute Gasteiger partial charge is 0.354 e. The lowest BCUT2D eigenvalue weighted by Gasteiger charge is -2.10. The number of halogens is 1. The number of amides is 1. The van der Waals surface area contributed by atoms with Crippen molar-refractivity contribution in [1.29, 1.82) is 0 Å². The predicted molar refractivity (Wildman–Crippen MR) is 112 cm³/mol. The number of hydrogen-bond acceptors (Lipinski definition) is 4. The number of pyridine rings is 2. The van der Waals surface area contributed by atoms with E-state index in [4.69, 9.17) is 11.6 Å². The van der Waals surface area contributed by atoms with E-state index >= 15 is 0 Å². The third-order valence-corrected chi connectivity index (χ3v) is 4.52. The number of aromatic nitrogens is 2. The van der Waals surface area contributed by atoms with Crippen LogP contribution in [0.1, 0.15) is 16.1 Å². The van der Waals surface area contributed by atoms with Gasteiger partial charge in [-0.15, -0.1) is 0 Å². The van der Waals surface area contributed by atoms with E-state index in [1.807, 2.05) is 48.5 Å². The number of fused-ring (bicyclic) bond motifs is 1. The first-order valence-electron chi connectivity index (χ1n) is 8.78. The summed E-state index contributed by atoms with van der Waals surface area (Å²) in [5.74, 6) is -0.241. The molecule has 0 bridgehead atoms. The number of anilines is 2. The van der Waals surface area contributed by atoms with Crippen molar-refractivity contribution < 1.29 is 4.79 Å². The molecular weight excluding hydrogens is 372 g/mol. The van der Waals surface area contributed by atoms with Crippen molar-refractivity contribution in [3.8, 4) is 0 Å². The van der Waals surface area contributed by atoms with Crippen LogP contribution in [0.25, 0.3) is 10.9 Å². The minimum atomic E-state index is -0.241. The van der Waals surface area contributed by atoms with Gasteiger partial charge in [-0.05, 0) is 42.0 Å². The lowest BCUT2D eigenvalue weighted by Crippen LogP contribution is -2.23. The van der Waals surface area contributed by atoms with E-state index in [0.29, 0.717) is 17.3 Å². The molecule has 2 N–H and O–H groups in total. The van der Waals surface area contributed by atoms with Gasteiger partial charge in [-0.2, -0.15) is 0 Å². The monoisotopic (exact) mass is 388 g/mol. The van der Waals surface area contributed by atoms with Crippen LogP contribution in [0.4, 0.5) is 11.4 Å². The first kappa shape index (κ1) is 17.9. The van der Waals surface area contributed by atoms with Crippen LogP contribution >= 0.6 is 11.6 Å². The highest BCUT2D eigenvalue weighted by molar-refractivity contribution is 6.30. The predicted octanol–water partition coefficient (Wildman–Crippen LogP) is 4.96. The smallest absolute Gasteiger partial charge is 0.270 e. The van der Waals surface area contributed by atoms with Gasteiger partial charge in [-0.1, -0.05) is 41.9 Å². The minimum absolute atomic E-state index is 0.241. The topological polar surface area (TPSA) is 66.9 Å². The Balaban J connectivity index is 1.49. The maximum atomic E-state index is 12.5. The van der Waals surface area contributed by atoms with Gasteiger partial charge in [0.1, 0.15) is 5.69 Å². The van der Waals surface area contributed by atoms with Crippen molar-refractivity contribution in [2.45, 2.75) is 6.54 Å². The van der Waals surface area contributed by atoms with Gasteiger partial charge in [-0.25, -0.2) is 0 Å². The highest BCUT2D eigenvalue weighted by Crippen LogP contribution is 2.24. The Kier molecular flexibility index (Phi) is 5.17. The molecular formula is C22H17ClN4O. The van der Waals surface area contributed by atoms with E-state index in [1.165, 1.54) is 0 Å². The first-order valence-corrected chi connectivity index (χ1v) is 9.16. The van der Waals surface area contributed by atoms with E-state index < -0.39 is 0 Å². The van der Waals surface area contributed by atoms with Crippen LogP contribution in [0.2, 0.25) is 5.02 Å². The number of nitrogens with zero attached hydrogens (tertiary/aromatic N) is 2. The summed E-state index contributed by atoms with van der Waals surface area (Å²) in [6.45, 7) is 0.405. The van der Waals surface area contributed by atoms with Crippen LogP contribution in [0.3, 0.4) is 0 Å². The molecule has 0 spiro atoms. The van der Waals surface area contributed by atoms with Gasteiger partial charge in [0.2, 0.25) is 0 Å². The number of benzene rings is 2. The molecule has 2 aromatic heterocycles. The third kappa shape index (κ3) is 4.10. The molecule has 6 heteroatoms. The molecule has 0 aliphatic carbocycles. The minimum Gasteiger partial charge on any atom is -0.354 e. The van der Waals surface area contributed by atoms with E-state index in [9.17, 15) is 4.79 Å². The van der Waals surface area contributed by atoms with Gasteiger partial charge in [0.05, 0.1) is 11.2 Å². The summed E-state index contributed by atoms with van der Waals surface area (Å²) in [6, 6.07) is 20.7. The third-order valence-electron chi connectivity index (χ3n) is 4.27.